The first-order valence-electron chi connectivity index (χ1n) is 5.71. The first-order chi connectivity index (χ1) is 7.67. The fourth-order valence-electron chi connectivity index (χ4n) is 1.28. The van der Waals surface area contributed by atoms with Crippen LogP contribution in [0.3, 0.4) is 0 Å². The molecule has 1 rings (SSSR count). The van der Waals surface area contributed by atoms with Gasteiger partial charge in [0.05, 0.1) is 6.61 Å². The van der Waals surface area contributed by atoms with Crippen LogP contribution in [0.4, 0.5) is 0 Å². The molecule has 0 unspecified atom stereocenters. The predicted octanol–water partition coefficient (Wildman–Crippen LogP) is 2.61. The topological polar surface area (TPSA) is 38.3 Å². The number of ether oxygens (including phenoxy) is 1. The zero-order chi connectivity index (χ0) is 12.0. The van der Waals surface area contributed by atoms with Crippen LogP contribution in [0.1, 0.15) is 37.6 Å². The molecule has 3 heteroatoms. The summed E-state index contributed by atoms with van der Waals surface area (Å²) >= 11 is 0. The van der Waals surface area contributed by atoms with Crippen LogP contribution in [-0.4, -0.2) is 18.6 Å². The van der Waals surface area contributed by atoms with E-state index in [2.05, 4.69) is 5.32 Å². The van der Waals surface area contributed by atoms with Crippen LogP contribution in [0.5, 0.6) is 5.75 Å². The molecule has 0 radical (unpaired) electrons. The van der Waals surface area contributed by atoms with Gasteiger partial charge in [-0.25, -0.2) is 0 Å². The summed E-state index contributed by atoms with van der Waals surface area (Å²) < 4.78 is 5.31. The smallest absolute Gasteiger partial charge is 0.251 e. The molecular weight excluding hydrogens is 202 g/mol. The van der Waals surface area contributed by atoms with Crippen LogP contribution in [-0.2, 0) is 0 Å². The van der Waals surface area contributed by atoms with E-state index in [0.717, 1.165) is 12.2 Å². The summed E-state index contributed by atoms with van der Waals surface area (Å²) in [7, 11) is 0. The van der Waals surface area contributed by atoms with Gasteiger partial charge in [-0.1, -0.05) is 6.92 Å². The quantitative estimate of drug-likeness (QED) is 0.830. The van der Waals surface area contributed by atoms with Crippen LogP contribution in [0, 0.1) is 0 Å². The van der Waals surface area contributed by atoms with Gasteiger partial charge < -0.3 is 10.1 Å². The molecule has 1 N–H and O–H groups in total. The van der Waals surface area contributed by atoms with Crippen molar-refractivity contribution in [2.45, 2.75) is 33.2 Å². The molecule has 0 bridgehead atoms. The maximum Gasteiger partial charge on any atom is 0.251 e. The fraction of sp³-hybridized carbons (Fsp3) is 0.462. The molecular formula is C13H19NO2. The van der Waals surface area contributed by atoms with E-state index in [-0.39, 0.29) is 11.9 Å². The molecule has 1 atom stereocenters. The molecule has 1 aromatic rings. The first kappa shape index (κ1) is 12.6. The summed E-state index contributed by atoms with van der Waals surface area (Å²) in [6.07, 6.45) is 0.933. The molecule has 0 aliphatic heterocycles. The maximum absolute atomic E-state index is 11.7. The predicted molar refractivity (Wildman–Crippen MR) is 64.8 cm³/mol. The van der Waals surface area contributed by atoms with E-state index in [9.17, 15) is 4.79 Å². The summed E-state index contributed by atoms with van der Waals surface area (Å²) in [5, 5.41) is 2.92. The summed E-state index contributed by atoms with van der Waals surface area (Å²) in [5.74, 6) is 0.764. The number of rotatable bonds is 5. The lowest BCUT2D eigenvalue weighted by molar-refractivity contribution is 0.0939. The van der Waals surface area contributed by atoms with Crippen LogP contribution < -0.4 is 10.1 Å². The number of hydrogen-bond acceptors (Lipinski definition) is 2. The average molecular weight is 221 g/mol. The minimum Gasteiger partial charge on any atom is -0.494 e. The average Bonchev–Trinajstić information content (AvgIpc) is 2.30. The Labute approximate surface area is 96.8 Å². The molecule has 0 heterocycles. The van der Waals surface area contributed by atoms with Gasteiger partial charge >= 0.3 is 0 Å². The highest BCUT2D eigenvalue weighted by molar-refractivity contribution is 5.94. The minimum absolute atomic E-state index is 0.0302. The second-order valence-corrected chi connectivity index (χ2v) is 3.74. The Morgan fingerprint density at radius 1 is 1.31 bits per heavy atom. The molecule has 16 heavy (non-hydrogen) atoms. The van der Waals surface area contributed by atoms with E-state index in [4.69, 9.17) is 4.74 Å². The third-order valence-electron chi connectivity index (χ3n) is 2.42. The van der Waals surface area contributed by atoms with Crippen molar-refractivity contribution in [1.29, 1.82) is 0 Å². The molecule has 0 fully saturated rings. The Kier molecular flexibility index (Phi) is 4.83. The monoisotopic (exact) mass is 221 g/mol. The van der Waals surface area contributed by atoms with Gasteiger partial charge in [0.25, 0.3) is 5.91 Å². The number of amides is 1. The Morgan fingerprint density at radius 3 is 2.44 bits per heavy atom. The zero-order valence-electron chi connectivity index (χ0n) is 10.1. The molecule has 0 aliphatic rings. The van der Waals surface area contributed by atoms with E-state index in [1.54, 1.807) is 12.1 Å². The van der Waals surface area contributed by atoms with E-state index in [0.29, 0.717) is 12.2 Å². The number of benzene rings is 1. The molecule has 0 aliphatic carbocycles. The van der Waals surface area contributed by atoms with Gasteiger partial charge in [0.15, 0.2) is 0 Å². The van der Waals surface area contributed by atoms with Crippen molar-refractivity contribution in [3.8, 4) is 5.75 Å². The van der Waals surface area contributed by atoms with Crippen molar-refractivity contribution in [1.82, 2.24) is 5.32 Å². The van der Waals surface area contributed by atoms with Crippen LogP contribution in [0.2, 0.25) is 0 Å². The Balaban J connectivity index is 2.63. The highest BCUT2D eigenvalue weighted by Gasteiger charge is 2.07. The van der Waals surface area contributed by atoms with Gasteiger partial charge in [-0.15, -0.1) is 0 Å². The van der Waals surface area contributed by atoms with Gasteiger partial charge in [0.2, 0.25) is 0 Å². The third kappa shape index (κ3) is 3.57. The molecule has 88 valence electrons. The highest BCUT2D eigenvalue weighted by atomic mass is 16.5. The zero-order valence-corrected chi connectivity index (χ0v) is 10.1. The lowest BCUT2D eigenvalue weighted by atomic mass is 10.2. The van der Waals surface area contributed by atoms with Gasteiger partial charge in [0, 0.05) is 11.6 Å². The van der Waals surface area contributed by atoms with Crippen molar-refractivity contribution >= 4 is 5.91 Å². The summed E-state index contributed by atoms with van der Waals surface area (Å²) in [6.45, 7) is 6.61. The Bertz CT molecular complexity index is 332. The van der Waals surface area contributed by atoms with Gasteiger partial charge in [0.1, 0.15) is 5.75 Å². The SMILES string of the molecule is CCOc1ccc(C(=O)N[C@H](C)CC)cc1. The van der Waals surface area contributed by atoms with Crippen LogP contribution in [0.15, 0.2) is 24.3 Å². The molecule has 0 aromatic heterocycles. The van der Waals surface area contributed by atoms with Crippen molar-refractivity contribution in [2.24, 2.45) is 0 Å². The fourth-order valence-corrected chi connectivity index (χ4v) is 1.28. The van der Waals surface area contributed by atoms with Gasteiger partial charge in [-0.2, -0.15) is 0 Å². The number of nitrogens with one attached hydrogen (secondary N) is 1. The van der Waals surface area contributed by atoms with Gasteiger partial charge in [-0.05, 0) is 44.5 Å². The second kappa shape index (κ2) is 6.16. The van der Waals surface area contributed by atoms with Crippen molar-refractivity contribution in [2.75, 3.05) is 6.61 Å². The first-order valence-corrected chi connectivity index (χ1v) is 5.71. The summed E-state index contributed by atoms with van der Waals surface area (Å²) in [6, 6.07) is 7.40. The summed E-state index contributed by atoms with van der Waals surface area (Å²) in [4.78, 5) is 11.7. The molecule has 1 amide bonds. The normalized spacial score (nSPS) is 11.9. The largest absolute Gasteiger partial charge is 0.494 e. The lowest BCUT2D eigenvalue weighted by Gasteiger charge is -2.11. The van der Waals surface area contributed by atoms with E-state index in [1.165, 1.54) is 0 Å². The number of carbonyl (C=O) groups excluding carboxylic acids is 1. The minimum atomic E-state index is -0.0302. The Morgan fingerprint density at radius 2 is 1.94 bits per heavy atom. The standard InChI is InChI=1S/C13H19NO2/c1-4-10(3)14-13(15)11-6-8-12(9-7-11)16-5-2/h6-10H,4-5H2,1-3H3,(H,14,15)/t10-/m1/s1. The van der Waals surface area contributed by atoms with Crippen molar-refractivity contribution < 1.29 is 9.53 Å². The molecule has 3 nitrogen and oxygen atoms in total. The van der Waals surface area contributed by atoms with Crippen LogP contribution >= 0.6 is 0 Å². The lowest BCUT2D eigenvalue weighted by Crippen LogP contribution is -2.31. The highest BCUT2D eigenvalue weighted by Crippen LogP contribution is 2.12. The van der Waals surface area contributed by atoms with Crippen molar-refractivity contribution in [3.05, 3.63) is 29.8 Å². The van der Waals surface area contributed by atoms with E-state index >= 15 is 0 Å². The molecule has 1 aromatic carbocycles. The molecule has 0 saturated heterocycles. The second-order valence-electron chi connectivity index (χ2n) is 3.74. The number of carbonyl (C=O) groups is 1. The third-order valence-corrected chi connectivity index (χ3v) is 2.42. The van der Waals surface area contributed by atoms with Crippen LogP contribution in [0.25, 0.3) is 0 Å². The maximum atomic E-state index is 11.7. The van der Waals surface area contributed by atoms with E-state index in [1.807, 2.05) is 32.9 Å². The summed E-state index contributed by atoms with van der Waals surface area (Å²) in [5.41, 5.74) is 0.670. The molecule has 0 saturated carbocycles. The van der Waals surface area contributed by atoms with E-state index < -0.39 is 0 Å². The van der Waals surface area contributed by atoms with Gasteiger partial charge in [-0.3, -0.25) is 4.79 Å². The Hall–Kier alpha value is -1.51. The molecule has 0 spiro atoms. The van der Waals surface area contributed by atoms with Crippen molar-refractivity contribution in [3.63, 3.8) is 0 Å². The number of hydrogen-bond donors (Lipinski definition) is 1.